The highest BCUT2D eigenvalue weighted by Gasteiger charge is 2.45. The summed E-state index contributed by atoms with van der Waals surface area (Å²) in [6.45, 7) is 2.88. The number of urea groups is 1. The van der Waals surface area contributed by atoms with Gasteiger partial charge in [-0.05, 0) is 50.2 Å². The van der Waals surface area contributed by atoms with Crippen LogP contribution in [0.15, 0.2) is 24.3 Å². The Bertz CT molecular complexity index is 582. The number of carbonyl (C=O) groups is 1. The number of amides is 2. The summed E-state index contributed by atoms with van der Waals surface area (Å²) in [5.74, 6) is 0. The molecular formula is C18H24N2O2. The van der Waals surface area contributed by atoms with E-state index in [1.807, 2.05) is 0 Å². The molecule has 1 aromatic carbocycles. The topological polar surface area (TPSA) is 50.4 Å². The second kappa shape index (κ2) is 5.27. The highest BCUT2D eigenvalue weighted by atomic mass is 16.5. The standard InChI is InChI=1S/C18H24N2O2/c1-12-4-2-3-5-14(12)18(8-9-18)11-19-17(21)20-15-10-13-6-7-16(15)22-13/h2-5,13,15-16H,6-11H2,1H3,(H2,19,20,21)/t13-,15+,16-/m1/s1. The molecule has 0 aromatic heterocycles. The van der Waals surface area contributed by atoms with Gasteiger partial charge >= 0.3 is 6.03 Å². The Hall–Kier alpha value is -1.55. The quantitative estimate of drug-likeness (QED) is 0.898. The van der Waals surface area contributed by atoms with Crippen LogP contribution in [0.25, 0.3) is 0 Å². The van der Waals surface area contributed by atoms with Gasteiger partial charge in [-0.1, -0.05) is 24.3 Å². The van der Waals surface area contributed by atoms with E-state index in [0.29, 0.717) is 6.10 Å². The Morgan fingerprint density at radius 1 is 1.32 bits per heavy atom. The third kappa shape index (κ3) is 2.50. The van der Waals surface area contributed by atoms with Crippen molar-refractivity contribution in [2.45, 2.75) is 62.7 Å². The fourth-order valence-electron chi connectivity index (χ4n) is 4.12. The summed E-state index contributed by atoms with van der Waals surface area (Å²) in [5.41, 5.74) is 2.87. The molecule has 2 heterocycles. The lowest BCUT2D eigenvalue weighted by atomic mass is 9.92. The molecule has 4 nitrogen and oxygen atoms in total. The van der Waals surface area contributed by atoms with E-state index in [0.717, 1.165) is 38.6 Å². The van der Waals surface area contributed by atoms with Crippen LogP contribution in [0.3, 0.4) is 0 Å². The predicted molar refractivity (Wildman–Crippen MR) is 84.9 cm³/mol. The van der Waals surface area contributed by atoms with Gasteiger partial charge in [0.25, 0.3) is 0 Å². The summed E-state index contributed by atoms with van der Waals surface area (Å²) >= 11 is 0. The molecule has 3 fully saturated rings. The molecule has 3 aliphatic rings. The van der Waals surface area contributed by atoms with E-state index in [2.05, 4.69) is 41.8 Å². The number of nitrogens with one attached hydrogen (secondary N) is 2. The molecule has 3 atom stereocenters. The van der Waals surface area contributed by atoms with Crippen LogP contribution in [-0.4, -0.2) is 30.8 Å². The largest absolute Gasteiger partial charge is 0.373 e. The monoisotopic (exact) mass is 300 g/mol. The molecule has 2 amide bonds. The molecule has 2 bridgehead atoms. The smallest absolute Gasteiger partial charge is 0.315 e. The molecule has 0 radical (unpaired) electrons. The summed E-state index contributed by atoms with van der Waals surface area (Å²) in [7, 11) is 0. The van der Waals surface area contributed by atoms with Crippen molar-refractivity contribution in [3.63, 3.8) is 0 Å². The van der Waals surface area contributed by atoms with Crippen LogP contribution in [0.5, 0.6) is 0 Å². The van der Waals surface area contributed by atoms with Gasteiger partial charge in [0.2, 0.25) is 0 Å². The zero-order valence-corrected chi connectivity index (χ0v) is 13.1. The first-order valence-corrected chi connectivity index (χ1v) is 8.42. The summed E-state index contributed by atoms with van der Waals surface area (Å²) in [4.78, 5) is 12.2. The van der Waals surface area contributed by atoms with Gasteiger partial charge in [0, 0.05) is 12.0 Å². The van der Waals surface area contributed by atoms with E-state index < -0.39 is 0 Å². The molecule has 2 aliphatic heterocycles. The summed E-state index contributed by atoms with van der Waals surface area (Å²) in [6, 6.07) is 8.68. The second-order valence-electron chi connectivity index (χ2n) is 7.14. The van der Waals surface area contributed by atoms with Gasteiger partial charge in [0.05, 0.1) is 18.2 Å². The van der Waals surface area contributed by atoms with Crippen molar-refractivity contribution in [3.8, 4) is 0 Å². The molecule has 4 heteroatoms. The van der Waals surface area contributed by atoms with Crippen LogP contribution in [0.1, 0.15) is 43.2 Å². The van der Waals surface area contributed by atoms with Crippen molar-refractivity contribution >= 4 is 6.03 Å². The zero-order valence-electron chi connectivity index (χ0n) is 13.1. The molecule has 1 saturated carbocycles. The highest BCUT2D eigenvalue weighted by Crippen LogP contribution is 2.48. The molecule has 0 unspecified atom stereocenters. The van der Waals surface area contributed by atoms with Crippen LogP contribution in [0.2, 0.25) is 0 Å². The van der Waals surface area contributed by atoms with Crippen LogP contribution in [-0.2, 0) is 10.2 Å². The average molecular weight is 300 g/mol. The van der Waals surface area contributed by atoms with E-state index >= 15 is 0 Å². The molecular weight excluding hydrogens is 276 g/mol. The van der Waals surface area contributed by atoms with Crippen molar-refractivity contribution in [3.05, 3.63) is 35.4 Å². The van der Waals surface area contributed by atoms with Gasteiger partial charge in [-0.3, -0.25) is 0 Å². The Kier molecular flexibility index (Phi) is 3.37. The van der Waals surface area contributed by atoms with E-state index in [-0.39, 0.29) is 23.6 Å². The van der Waals surface area contributed by atoms with Crippen LogP contribution in [0, 0.1) is 6.92 Å². The first-order valence-electron chi connectivity index (χ1n) is 8.42. The second-order valence-corrected chi connectivity index (χ2v) is 7.14. The normalized spacial score (nSPS) is 31.0. The average Bonchev–Trinajstić information content (AvgIpc) is 3.01. The minimum absolute atomic E-state index is 0.0407. The number of aryl methyl sites for hydroxylation is 1. The first kappa shape index (κ1) is 14.1. The zero-order chi connectivity index (χ0) is 15.2. The van der Waals surface area contributed by atoms with Gasteiger partial charge in [0.15, 0.2) is 0 Å². The molecule has 1 aromatic rings. The van der Waals surface area contributed by atoms with Gasteiger partial charge in [0.1, 0.15) is 0 Å². The van der Waals surface area contributed by atoms with Gasteiger partial charge in [-0.25, -0.2) is 4.79 Å². The number of ether oxygens (including phenoxy) is 1. The molecule has 1 aliphatic carbocycles. The predicted octanol–water partition coefficient (Wildman–Crippen LogP) is 2.65. The lowest BCUT2D eigenvalue weighted by molar-refractivity contribution is 0.0981. The van der Waals surface area contributed by atoms with Gasteiger partial charge in [-0.15, -0.1) is 0 Å². The van der Waals surface area contributed by atoms with E-state index in [1.165, 1.54) is 11.1 Å². The van der Waals surface area contributed by atoms with Gasteiger partial charge in [-0.2, -0.15) is 0 Å². The van der Waals surface area contributed by atoms with Gasteiger partial charge < -0.3 is 15.4 Å². The molecule has 118 valence electrons. The van der Waals surface area contributed by atoms with Crippen molar-refractivity contribution in [1.29, 1.82) is 0 Å². The Labute approximate surface area is 131 Å². The van der Waals surface area contributed by atoms with E-state index in [9.17, 15) is 4.79 Å². The number of fused-ring (bicyclic) bond motifs is 2. The summed E-state index contributed by atoms with van der Waals surface area (Å²) in [5, 5.41) is 6.19. The fourth-order valence-corrected chi connectivity index (χ4v) is 4.12. The Morgan fingerprint density at radius 3 is 2.77 bits per heavy atom. The maximum atomic E-state index is 12.2. The number of benzene rings is 1. The minimum Gasteiger partial charge on any atom is -0.373 e. The maximum absolute atomic E-state index is 12.2. The fraction of sp³-hybridized carbons (Fsp3) is 0.611. The Morgan fingerprint density at radius 2 is 2.14 bits per heavy atom. The molecule has 22 heavy (non-hydrogen) atoms. The third-order valence-corrected chi connectivity index (χ3v) is 5.58. The number of rotatable bonds is 4. The lowest BCUT2D eigenvalue weighted by Crippen LogP contribution is -2.48. The minimum atomic E-state index is -0.0407. The molecule has 4 rings (SSSR count). The van der Waals surface area contributed by atoms with Crippen LogP contribution in [0.4, 0.5) is 4.79 Å². The Balaban J connectivity index is 1.33. The first-order chi connectivity index (χ1) is 10.7. The SMILES string of the molecule is Cc1ccccc1C1(CNC(=O)N[C@H]2C[C@H]3CC[C@H]2O3)CC1. The van der Waals surface area contributed by atoms with Crippen molar-refractivity contribution < 1.29 is 9.53 Å². The number of hydrogen-bond acceptors (Lipinski definition) is 2. The van der Waals surface area contributed by atoms with Crippen molar-refractivity contribution in [1.82, 2.24) is 10.6 Å². The third-order valence-electron chi connectivity index (χ3n) is 5.58. The molecule has 2 saturated heterocycles. The maximum Gasteiger partial charge on any atom is 0.315 e. The molecule has 0 spiro atoms. The summed E-state index contributed by atoms with van der Waals surface area (Å²) < 4.78 is 5.79. The van der Waals surface area contributed by atoms with Crippen molar-refractivity contribution in [2.75, 3.05) is 6.54 Å². The van der Waals surface area contributed by atoms with Crippen LogP contribution >= 0.6 is 0 Å². The van der Waals surface area contributed by atoms with E-state index in [1.54, 1.807) is 0 Å². The van der Waals surface area contributed by atoms with Crippen molar-refractivity contribution in [2.24, 2.45) is 0 Å². The highest BCUT2D eigenvalue weighted by molar-refractivity contribution is 5.74. The van der Waals surface area contributed by atoms with E-state index in [4.69, 9.17) is 4.74 Å². The number of hydrogen-bond donors (Lipinski definition) is 2. The molecule has 2 N–H and O–H groups in total. The lowest BCUT2D eigenvalue weighted by Gasteiger charge is -2.22. The number of carbonyl (C=O) groups excluding carboxylic acids is 1. The van der Waals surface area contributed by atoms with Crippen LogP contribution < -0.4 is 10.6 Å². The summed E-state index contributed by atoms with van der Waals surface area (Å²) in [6.07, 6.45) is 6.15.